The van der Waals surface area contributed by atoms with E-state index in [0.717, 1.165) is 31.0 Å². The van der Waals surface area contributed by atoms with Gasteiger partial charge in [0.05, 0.1) is 0 Å². The number of aromatic nitrogens is 4. The first-order chi connectivity index (χ1) is 9.31. The summed E-state index contributed by atoms with van der Waals surface area (Å²) in [7, 11) is 0. The Morgan fingerprint density at radius 1 is 1.37 bits per heavy atom. The zero-order valence-corrected chi connectivity index (χ0v) is 11.4. The minimum absolute atomic E-state index is 0.672. The molecule has 1 aliphatic rings. The Bertz CT molecular complexity index is 744. The van der Waals surface area contributed by atoms with Crippen LogP contribution in [0, 0.1) is 6.92 Å². The van der Waals surface area contributed by atoms with Crippen molar-refractivity contribution in [3.05, 3.63) is 40.0 Å². The van der Waals surface area contributed by atoms with Crippen LogP contribution in [-0.4, -0.2) is 26.1 Å². The van der Waals surface area contributed by atoms with E-state index in [1.807, 2.05) is 22.8 Å². The first-order valence-corrected chi connectivity index (χ1v) is 7.17. The molecule has 0 N–H and O–H groups in total. The smallest absolute Gasteiger partial charge is 0.254 e. The van der Waals surface area contributed by atoms with Crippen LogP contribution in [-0.2, 0) is 13.0 Å². The van der Waals surface area contributed by atoms with Crippen molar-refractivity contribution in [2.24, 2.45) is 0 Å². The minimum Gasteiger partial charge on any atom is -0.352 e. The molecule has 0 saturated carbocycles. The van der Waals surface area contributed by atoms with Crippen LogP contribution in [0.2, 0.25) is 0 Å². The van der Waals surface area contributed by atoms with E-state index in [9.17, 15) is 0 Å². The number of aryl methyl sites for hydroxylation is 1. The summed E-state index contributed by atoms with van der Waals surface area (Å²) in [5, 5.41) is 6.46. The maximum atomic E-state index is 4.39. The van der Waals surface area contributed by atoms with Gasteiger partial charge in [-0.3, -0.25) is 0 Å². The third kappa shape index (κ3) is 1.71. The van der Waals surface area contributed by atoms with Gasteiger partial charge in [0, 0.05) is 29.7 Å². The number of hydrogen-bond acceptors (Lipinski definition) is 5. The third-order valence-electron chi connectivity index (χ3n) is 3.49. The van der Waals surface area contributed by atoms with Crippen molar-refractivity contribution < 1.29 is 0 Å². The lowest BCUT2D eigenvalue weighted by Crippen LogP contribution is -2.31. The van der Waals surface area contributed by atoms with Crippen molar-refractivity contribution in [2.75, 3.05) is 11.4 Å². The molecule has 0 fully saturated rings. The van der Waals surface area contributed by atoms with Crippen LogP contribution in [0.3, 0.4) is 0 Å². The first kappa shape index (κ1) is 10.9. The van der Waals surface area contributed by atoms with Crippen molar-refractivity contribution in [1.82, 2.24) is 19.6 Å². The van der Waals surface area contributed by atoms with Gasteiger partial charge in [-0.1, -0.05) is 0 Å². The zero-order chi connectivity index (χ0) is 12.8. The molecule has 0 atom stereocenters. The van der Waals surface area contributed by atoms with Crippen LogP contribution in [0.5, 0.6) is 0 Å². The van der Waals surface area contributed by atoms with Gasteiger partial charge < -0.3 is 4.90 Å². The van der Waals surface area contributed by atoms with E-state index in [1.54, 1.807) is 6.33 Å². The molecule has 5 nitrogen and oxygen atoms in total. The number of thiophene rings is 1. The molecular formula is C13H13N5S. The molecule has 3 aromatic heterocycles. The monoisotopic (exact) mass is 271 g/mol. The van der Waals surface area contributed by atoms with E-state index < -0.39 is 0 Å². The minimum atomic E-state index is 0.672. The van der Waals surface area contributed by atoms with E-state index in [4.69, 9.17) is 0 Å². The number of anilines is 1. The average molecular weight is 271 g/mol. The Morgan fingerprint density at radius 2 is 2.32 bits per heavy atom. The lowest BCUT2D eigenvalue weighted by atomic mass is 10.1. The van der Waals surface area contributed by atoms with Crippen molar-refractivity contribution in [3.63, 3.8) is 0 Å². The van der Waals surface area contributed by atoms with E-state index in [2.05, 4.69) is 37.5 Å². The second-order valence-electron chi connectivity index (χ2n) is 4.77. The van der Waals surface area contributed by atoms with Crippen molar-refractivity contribution >= 4 is 22.9 Å². The van der Waals surface area contributed by atoms with Gasteiger partial charge in [-0.2, -0.15) is 14.6 Å². The summed E-state index contributed by atoms with van der Waals surface area (Å²) in [6, 6.07) is 4.30. The lowest BCUT2D eigenvalue weighted by molar-refractivity contribution is 0.711. The predicted molar refractivity (Wildman–Crippen MR) is 74.6 cm³/mol. The molecule has 6 heteroatoms. The topological polar surface area (TPSA) is 46.3 Å². The Balaban J connectivity index is 1.81. The Hall–Kier alpha value is -1.95. The van der Waals surface area contributed by atoms with E-state index in [-0.39, 0.29) is 0 Å². The molecule has 0 saturated heterocycles. The number of fused-ring (bicyclic) bond motifs is 2. The van der Waals surface area contributed by atoms with Gasteiger partial charge in [0.2, 0.25) is 0 Å². The largest absolute Gasteiger partial charge is 0.352 e. The summed E-state index contributed by atoms with van der Waals surface area (Å²) in [6.07, 6.45) is 2.66. The van der Waals surface area contributed by atoms with Gasteiger partial charge in [0.1, 0.15) is 12.1 Å². The molecule has 19 heavy (non-hydrogen) atoms. The SMILES string of the molecule is Cc1cc(N2CCc3sccc3C2)n2ncnc2n1. The standard InChI is InChI=1S/C13H13N5S/c1-9-6-12(18-13(16-9)14-8-15-18)17-4-2-11-10(7-17)3-5-19-11/h3,5-6,8H,2,4,7H2,1H3. The molecule has 0 spiro atoms. The average Bonchev–Trinajstić information content (AvgIpc) is 3.04. The molecule has 4 rings (SSSR count). The third-order valence-corrected chi connectivity index (χ3v) is 4.52. The van der Waals surface area contributed by atoms with Crippen LogP contribution in [0.25, 0.3) is 5.78 Å². The van der Waals surface area contributed by atoms with Crippen LogP contribution in [0.4, 0.5) is 5.82 Å². The molecule has 0 unspecified atom stereocenters. The molecule has 0 aliphatic carbocycles. The van der Waals surface area contributed by atoms with Crippen LogP contribution in [0.15, 0.2) is 23.8 Å². The van der Waals surface area contributed by atoms with E-state index in [1.165, 1.54) is 10.4 Å². The van der Waals surface area contributed by atoms with Gasteiger partial charge in [0.15, 0.2) is 0 Å². The van der Waals surface area contributed by atoms with E-state index in [0.29, 0.717) is 5.78 Å². The highest BCUT2D eigenvalue weighted by molar-refractivity contribution is 7.10. The highest BCUT2D eigenvalue weighted by atomic mass is 32.1. The number of hydrogen-bond donors (Lipinski definition) is 0. The summed E-state index contributed by atoms with van der Waals surface area (Å²) in [6.45, 7) is 3.96. The highest BCUT2D eigenvalue weighted by Crippen LogP contribution is 2.27. The Kier molecular flexibility index (Phi) is 2.32. The maximum Gasteiger partial charge on any atom is 0.254 e. The maximum absolute atomic E-state index is 4.39. The Morgan fingerprint density at radius 3 is 3.26 bits per heavy atom. The summed E-state index contributed by atoms with van der Waals surface area (Å²) < 4.78 is 1.82. The fourth-order valence-corrected chi connectivity index (χ4v) is 3.47. The lowest BCUT2D eigenvalue weighted by Gasteiger charge is -2.29. The van der Waals surface area contributed by atoms with Gasteiger partial charge in [-0.25, -0.2) is 4.98 Å². The van der Waals surface area contributed by atoms with E-state index >= 15 is 0 Å². The Labute approximate surface area is 114 Å². The molecule has 0 aromatic carbocycles. The van der Waals surface area contributed by atoms with Crippen molar-refractivity contribution in [3.8, 4) is 0 Å². The fraction of sp³-hybridized carbons (Fsp3) is 0.308. The second kappa shape index (κ2) is 4.03. The van der Waals surface area contributed by atoms with Crippen molar-refractivity contribution in [1.29, 1.82) is 0 Å². The molecule has 1 aliphatic heterocycles. The first-order valence-electron chi connectivity index (χ1n) is 6.29. The molecular weight excluding hydrogens is 258 g/mol. The molecule has 0 radical (unpaired) electrons. The van der Waals surface area contributed by atoms with Gasteiger partial charge in [0.25, 0.3) is 5.78 Å². The molecule has 3 aromatic rings. The molecule has 96 valence electrons. The number of nitrogens with zero attached hydrogens (tertiary/aromatic N) is 5. The second-order valence-corrected chi connectivity index (χ2v) is 5.77. The van der Waals surface area contributed by atoms with Gasteiger partial charge in [-0.15, -0.1) is 11.3 Å². The van der Waals surface area contributed by atoms with Crippen LogP contribution < -0.4 is 4.90 Å². The summed E-state index contributed by atoms with van der Waals surface area (Å²) in [5.74, 6) is 1.75. The highest BCUT2D eigenvalue weighted by Gasteiger charge is 2.20. The molecule has 0 bridgehead atoms. The fourth-order valence-electron chi connectivity index (χ4n) is 2.58. The van der Waals surface area contributed by atoms with Gasteiger partial charge >= 0.3 is 0 Å². The quantitative estimate of drug-likeness (QED) is 0.679. The summed E-state index contributed by atoms with van der Waals surface area (Å²) in [5.41, 5.74) is 2.41. The molecule has 4 heterocycles. The summed E-state index contributed by atoms with van der Waals surface area (Å²) >= 11 is 1.86. The predicted octanol–water partition coefficient (Wildman–Crippen LogP) is 2.06. The van der Waals surface area contributed by atoms with Crippen LogP contribution in [0.1, 0.15) is 16.1 Å². The van der Waals surface area contributed by atoms with Gasteiger partial charge in [-0.05, 0) is 30.4 Å². The zero-order valence-electron chi connectivity index (χ0n) is 10.6. The van der Waals surface area contributed by atoms with Crippen molar-refractivity contribution in [2.45, 2.75) is 19.9 Å². The van der Waals surface area contributed by atoms with Crippen LogP contribution >= 0.6 is 11.3 Å². The normalized spacial score (nSPS) is 14.9. The number of rotatable bonds is 1. The summed E-state index contributed by atoms with van der Waals surface area (Å²) in [4.78, 5) is 12.4. The molecule has 0 amide bonds.